The minimum absolute atomic E-state index is 0. The Morgan fingerprint density at radius 1 is 0.651 bits per heavy atom. The molecule has 0 saturated carbocycles. The zero-order valence-corrected chi connectivity index (χ0v) is 60.6. The number of hydrogen-bond acceptors (Lipinski definition) is 16. The van der Waals surface area contributed by atoms with Crippen LogP contribution in [0.25, 0.3) is 22.8 Å². The van der Waals surface area contributed by atoms with Crippen LogP contribution in [0.3, 0.4) is 0 Å². The first-order valence-electron chi connectivity index (χ1n) is 27.9. The molecule has 13 nitrogen and oxygen atoms in total. The van der Waals surface area contributed by atoms with Crippen LogP contribution in [0.5, 0.6) is 11.5 Å². The van der Waals surface area contributed by atoms with Gasteiger partial charge in [-0.05, 0) is 130 Å². The molecule has 22 heteroatoms. The Morgan fingerprint density at radius 3 is 1.37 bits per heavy atom. The molecular weight excluding hydrogens is 1260 g/mol. The number of nitrogens with zero attached hydrogens (tertiary/aromatic N) is 5. The molecule has 466 valence electrons. The Hall–Kier alpha value is -3.65. The number of nitrogens with two attached hydrogens (primary N) is 2. The van der Waals surface area contributed by atoms with Gasteiger partial charge < -0.3 is 26.1 Å². The Kier molecular flexibility index (Phi) is 40.6. The maximum absolute atomic E-state index is 10.1. The van der Waals surface area contributed by atoms with Gasteiger partial charge in [0.2, 0.25) is 15.7 Å². The number of halogens is 5. The van der Waals surface area contributed by atoms with E-state index in [1.54, 1.807) is 13.0 Å². The van der Waals surface area contributed by atoms with E-state index in [1.807, 2.05) is 91.0 Å². The van der Waals surface area contributed by atoms with Gasteiger partial charge in [-0.25, -0.2) is 20.6 Å². The summed E-state index contributed by atoms with van der Waals surface area (Å²) in [6.07, 6.45) is 7.56. The Labute approximate surface area is 571 Å². The first kappa shape index (κ1) is 82.3. The zero-order chi connectivity index (χ0) is 63.0. The number of ether oxygens (including phenoxy) is 2. The molecule has 86 heavy (non-hydrogen) atoms. The van der Waals surface area contributed by atoms with Gasteiger partial charge in [-0.1, -0.05) is 233 Å². The Balaban J connectivity index is 0.00000105. The molecule has 5 aromatic carbocycles. The van der Waals surface area contributed by atoms with E-state index < -0.39 is 3.12 Å². The molecule has 0 saturated heterocycles. The fraction of sp³-hybridized carbons (Fsp3) is 0.438. The van der Waals surface area contributed by atoms with Gasteiger partial charge in [-0.2, -0.15) is 13.7 Å². The Morgan fingerprint density at radius 2 is 1.05 bits per heavy atom. The largest absolute Gasteiger partial charge is 1.00 e. The van der Waals surface area contributed by atoms with Crippen molar-refractivity contribution in [2.45, 2.75) is 153 Å². The number of nitrogens with one attached hydrogen (secondary N) is 2. The molecule has 0 aliphatic carbocycles. The van der Waals surface area contributed by atoms with E-state index in [0.29, 0.717) is 64.2 Å². The van der Waals surface area contributed by atoms with Gasteiger partial charge in [-0.15, -0.1) is 0 Å². The molecule has 0 fully saturated rings. The van der Waals surface area contributed by atoms with Crippen LogP contribution in [0.4, 0.5) is 5.13 Å². The van der Waals surface area contributed by atoms with Gasteiger partial charge in [0, 0.05) is 56.9 Å². The number of rotatable bonds is 21. The quantitative estimate of drug-likeness (QED) is 0.0100. The Bertz CT molecular complexity index is 3020. The van der Waals surface area contributed by atoms with Crippen LogP contribution in [0, 0.1) is 5.41 Å². The van der Waals surface area contributed by atoms with Crippen molar-refractivity contribution in [3.05, 3.63) is 160 Å². The number of isocyanates is 1. The maximum atomic E-state index is 10.1. The van der Waals surface area contributed by atoms with Crippen molar-refractivity contribution in [2.24, 2.45) is 16.6 Å². The number of hydrazine groups is 1. The van der Waals surface area contributed by atoms with E-state index >= 15 is 0 Å². The predicted octanol–water partition coefficient (Wildman–Crippen LogP) is 16.4. The molecule has 2 aromatic heterocycles. The van der Waals surface area contributed by atoms with E-state index in [0.717, 1.165) is 66.7 Å². The van der Waals surface area contributed by atoms with E-state index in [1.165, 1.54) is 45.3 Å². The zero-order valence-electron chi connectivity index (χ0n) is 52.4. The number of alkyl halides is 3. The smallest absolute Gasteiger partial charge is 0.870 e. The summed E-state index contributed by atoms with van der Waals surface area (Å²) in [5.74, 6) is 8.57. The van der Waals surface area contributed by atoms with Crippen molar-refractivity contribution in [3.8, 4) is 34.3 Å². The molecule has 0 unspecified atom stereocenters. The van der Waals surface area contributed by atoms with Crippen LogP contribution in [0.15, 0.2) is 132 Å². The molecule has 0 spiro atoms. The van der Waals surface area contributed by atoms with E-state index in [9.17, 15) is 4.79 Å². The third-order valence-corrected chi connectivity index (χ3v) is 17.9. The second-order valence-corrected chi connectivity index (χ2v) is 28.0. The second kappa shape index (κ2) is 42.4. The number of nitrogen functional groups attached to an aromatic ring is 1. The molecule has 0 bridgehead atoms. The molecule has 7 N–H and O–H groups in total. The number of carbonyl (C=O) groups excluding carboxylic acids is 1. The van der Waals surface area contributed by atoms with Gasteiger partial charge in [0.15, 0.2) is 11.6 Å². The average Bonchev–Trinajstić information content (AvgIpc) is 1.50. The van der Waals surface area contributed by atoms with Crippen molar-refractivity contribution in [2.75, 3.05) is 31.7 Å². The van der Waals surface area contributed by atoms with Gasteiger partial charge in [0.05, 0.1) is 19.8 Å². The molecule has 7 rings (SSSR count). The summed E-state index contributed by atoms with van der Waals surface area (Å²) in [5.41, 5.74) is 17.5. The van der Waals surface area contributed by atoms with Gasteiger partial charge in [0.1, 0.15) is 11.5 Å². The number of hydrogen-bond donors (Lipinski definition) is 4. The van der Waals surface area contributed by atoms with Crippen molar-refractivity contribution >= 4 is 108 Å². The average molecular weight is 1340 g/mol. The number of benzene rings is 5. The van der Waals surface area contributed by atoms with Crippen LogP contribution >= 0.6 is 91.1 Å². The van der Waals surface area contributed by atoms with E-state index in [4.69, 9.17) is 83.5 Å². The normalized spacial score (nSPS) is 10.9. The fourth-order valence-corrected chi connectivity index (χ4v) is 8.34. The SMILES string of the molecule is CC(=N)c1ccccc1.CCC(C)(C)c1ccc(OCCCN)c(C(C)(C)CC)c1.CCC(C)(C)c1ccc(OCCCN=C=O)c(C(C)(C)CC)c1.ClSC(Cl)(Cl)Cl.Clc1nc(-c2ccccc2)ns1.NNc1nc(-c2ccccc2)ns1.[Na+].[OH-]. The molecule has 0 atom stereocenters. The topological polar surface area (TPSA) is 217 Å². The third-order valence-electron chi connectivity index (χ3n) is 14.2. The monoisotopic (exact) mass is 1340 g/mol. The molecule has 0 radical (unpaired) electrons. The van der Waals surface area contributed by atoms with Crippen LogP contribution in [-0.2, 0) is 26.5 Å². The fourth-order valence-electron chi connectivity index (χ4n) is 7.22. The molecule has 2 heterocycles. The minimum Gasteiger partial charge on any atom is -0.870 e. The maximum Gasteiger partial charge on any atom is 1.00 e. The van der Waals surface area contributed by atoms with Crippen LogP contribution < -0.4 is 56.0 Å². The summed E-state index contributed by atoms with van der Waals surface area (Å²) in [7, 11) is 5.65. The van der Waals surface area contributed by atoms with Crippen molar-refractivity contribution in [3.63, 3.8) is 0 Å². The third kappa shape index (κ3) is 30.2. The standard InChI is InChI=1S/C20H31NO2.C19H33NO.C8H5ClN2S.C8H8N4S.C8H9N.CCl4S.Na.H2O/c1-7-19(3,4)16-10-11-18(23-13-9-12-21-15-22)17(14-16)20(5,6)8-2;1-7-18(3,4)15-10-11-17(21-13-9-12-20)16(14-15)19(5,6)8-2;9-8-10-7(11-12-8)6-4-2-1-3-5-6;9-11-8-10-7(12-13-8)6-4-2-1-3-5-6;1-7(9)8-5-3-2-4-6-8;2-1(3,4)6-5;;/h10-11,14H,7-9,12-13H2,1-6H3;10-11,14H,7-9,12-13,20H2,1-6H3;1-5H;1-5H,9H2,(H,10,11,12);2-6,9H,1H3;;;1H2/q;;;;;;+1;/p-1. The van der Waals surface area contributed by atoms with E-state index in [2.05, 4.69) is 149 Å². The summed E-state index contributed by atoms with van der Waals surface area (Å²) >= 11 is 23.3. The number of anilines is 1. The summed E-state index contributed by atoms with van der Waals surface area (Å²) in [5, 5.41) is 7.86. The van der Waals surface area contributed by atoms with Crippen LogP contribution in [-0.4, -0.2) is 65.4 Å². The molecule has 0 amide bonds. The minimum atomic E-state index is -1.36. The van der Waals surface area contributed by atoms with E-state index in [-0.39, 0.29) is 56.7 Å². The van der Waals surface area contributed by atoms with Crippen molar-refractivity contribution < 1.29 is 49.3 Å². The van der Waals surface area contributed by atoms with Crippen molar-refractivity contribution in [1.29, 1.82) is 5.41 Å². The van der Waals surface area contributed by atoms with Crippen LogP contribution in [0.2, 0.25) is 4.47 Å². The number of aromatic nitrogens is 4. The summed E-state index contributed by atoms with van der Waals surface area (Å²) in [6.45, 7) is 31.4. The molecule has 7 aromatic rings. The first-order valence-corrected chi connectivity index (χ1v) is 32.6. The van der Waals surface area contributed by atoms with Gasteiger partial charge >= 0.3 is 29.6 Å². The van der Waals surface area contributed by atoms with Crippen molar-refractivity contribution in [1.82, 2.24) is 18.7 Å². The van der Waals surface area contributed by atoms with Crippen LogP contribution in [0.1, 0.15) is 156 Å². The molecule has 0 aliphatic heterocycles. The number of aliphatic imine (C=N–C) groups is 1. The summed E-state index contributed by atoms with van der Waals surface area (Å²) in [4.78, 5) is 21.9. The second-order valence-electron chi connectivity index (χ2n) is 21.7. The summed E-state index contributed by atoms with van der Waals surface area (Å²) in [6, 6.07) is 42.5. The van der Waals surface area contributed by atoms with Gasteiger partial charge in [0.25, 0.3) is 3.12 Å². The predicted molar refractivity (Wildman–Crippen MR) is 367 cm³/mol. The molecular formula is C64H87Cl5N9NaO4S3. The van der Waals surface area contributed by atoms with Gasteiger partial charge in [-0.3, -0.25) is 5.43 Å². The summed E-state index contributed by atoms with van der Waals surface area (Å²) < 4.78 is 19.3. The first-order chi connectivity index (χ1) is 39.7. The molecule has 0 aliphatic rings.